The zero-order valence-corrected chi connectivity index (χ0v) is 19.8. The van der Waals surface area contributed by atoms with Crippen LogP contribution in [0.3, 0.4) is 0 Å². The highest BCUT2D eigenvalue weighted by molar-refractivity contribution is 6.40. The molecule has 4 aromatic rings. The Morgan fingerprint density at radius 1 is 1.21 bits per heavy atom. The molecule has 1 aliphatic rings. The van der Waals surface area contributed by atoms with Crippen molar-refractivity contribution in [2.75, 3.05) is 29.4 Å². The molecule has 1 atom stereocenters. The number of nitrogens with one attached hydrogen (secondary N) is 3. The van der Waals surface area contributed by atoms with Crippen LogP contribution in [0.1, 0.15) is 41.6 Å². The van der Waals surface area contributed by atoms with Crippen LogP contribution >= 0.6 is 11.8 Å². The molecule has 0 spiro atoms. The number of imidazole rings is 1. The monoisotopic (exact) mass is 474 g/mol. The van der Waals surface area contributed by atoms with Gasteiger partial charge in [0.05, 0.1) is 11.2 Å². The van der Waals surface area contributed by atoms with E-state index >= 15 is 0 Å². The molecule has 5 rings (SSSR count). The van der Waals surface area contributed by atoms with Crippen molar-refractivity contribution in [1.29, 1.82) is 0 Å². The molecule has 0 radical (unpaired) electrons. The molecule has 1 fully saturated rings. The zero-order valence-electron chi connectivity index (χ0n) is 19.0. The Morgan fingerprint density at radius 2 is 2.09 bits per heavy atom. The number of anilines is 2. The normalized spacial score (nSPS) is 15.5. The SMILES string of the molecule is CCCNc1cc(-c2nc3c(N(Cl)C(=O)c4cccc(C5CCNC5)c4)cccc3[nH]2)ccn1. The summed E-state index contributed by atoms with van der Waals surface area (Å²) in [6.45, 7) is 4.89. The van der Waals surface area contributed by atoms with Gasteiger partial charge in [-0.2, -0.15) is 0 Å². The van der Waals surface area contributed by atoms with Gasteiger partial charge in [0.1, 0.15) is 17.2 Å². The maximum Gasteiger partial charge on any atom is 0.273 e. The van der Waals surface area contributed by atoms with Crippen molar-refractivity contribution in [3.63, 3.8) is 0 Å². The Balaban J connectivity index is 1.44. The van der Waals surface area contributed by atoms with Gasteiger partial charge < -0.3 is 15.6 Å². The fourth-order valence-corrected chi connectivity index (χ4v) is 4.56. The third kappa shape index (κ3) is 4.49. The fourth-order valence-electron chi connectivity index (χ4n) is 4.33. The lowest BCUT2D eigenvalue weighted by Gasteiger charge is -2.16. The molecule has 1 amide bonds. The number of carbonyl (C=O) groups is 1. The quantitative estimate of drug-likeness (QED) is 0.315. The van der Waals surface area contributed by atoms with Crippen molar-refractivity contribution >= 4 is 40.2 Å². The predicted octanol–water partition coefficient (Wildman–Crippen LogP) is 5.32. The predicted molar refractivity (Wildman–Crippen MR) is 137 cm³/mol. The molecule has 0 bridgehead atoms. The molecule has 2 aromatic carbocycles. The maximum atomic E-state index is 13.3. The number of aromatic nitrogens is 3. The average Bonchev–Trinajstić information content (AvgIpc) is 3.57. The third-order valence-corrected chi connectivity index (χ3v) is 6.47. The molecule has 8 heteroatoms. The molecule has 1 aliphatic heterocycles. The van der Waals surface area contributed by atoms with Crippen LogP contribution in [0.2, 0.25) is 0 Å². The van der Waals surface area contributed by atoms with Crippen LogP contribution in [0.4, 0.5) is 11.5 Å². The molecule has 3 N–H and O–H groups in total. The Morgan fingerprint density at radius 3 is 2.91 bits per heavy atom. The first-order chi connectivity index (χ1) is 16.6. The molecule has 0 aliphatic carbocycles. The number of aromatic amines is 1. The van der Waals surface area contributed by atoms with Gasteiger partial charge in [-0.1, -0.05) is 25.1 Å². The van der Waals surface area contributed by atoms with Gasteiger partial charge in [-0.3, -0.25) is 4.79 Å². The first-order valence-corrected chi connectivity index (χ1v) is 12.0. The molecule has 0 saturated carbocycles. The summed E-state index contributed by atoms with van der Waals surface area (Å²) in [5, 5.41) is 6.67. The molecular weight excluding hydrogens is 448 g/mol. The second-order valence-electron chi connectivity index (χ2n) is 8.52. The summed E-state index contributed by atoms with van der Waals surface area (Å²) in [6.07, 6.45) is 3.84. The highest BCUT2D eigenvalue weighted by Gasteiger charge is 2.22. The van der Waals surface area contributed by atoms with E-state index in [1.165, 1.54) is 4.42 Å². The number of H-pyrrole nitrogens is 1. The van der Waals surface area contributed by atoms with E-state index in [2.05, 4.69) is 33.6 Å². The molecule has 174 valence electrons. The summed E-state index contributed by atoms with van der Waals surface area (Å²) in [5.41, 5.74) is 4.60. The number of halogens is 1. The van der Waals surface area contributed by atoms with E-state index in [9.17, 15) is 4.79 Å². The lowest BCUT2D eigenvalue weighted by atomic mass is 9.96. The summed E-state index contributed by atoms with van der Waals surface area (Å²) < 4.78 is 1.17. The standard InChI is InChI=1S/C26H27ClN6O/c1-2-11-29-23-15-18(10-13-30-23)25-31-21-7-4-8-22(24(21)32-25)33(27)26(34)19-6-3-5-17(14-19)20-9-12-28-16-20/h3-8,10,13-15,20,28H,2,9,11-12,16H2,1H3,(H,29,30)(H,31,32). The van der Waals surface area contributed by atoms with Crippen LogP contribution in [0, 0.1) is 0 Å². The van der Waals surface area contributed by atoms with E-state index in [1.54, 1.807) is 6.20 Å². The molecule has 2 aromatic heterocycles. The van der Waals surface area contributed by atoms with Crippen molar-refractivity contribution in [3.05, 3.63) is 71.9 Å². The Labute approximate surface area is 203 Å². The largest absolute Gasteiger partial charge is 0.370 e. The number of hydrogen-bond acceptors (Lipinski definition) is 5. The Hall–Kier alpha value is -3.42. The number of rotatable bonds is 7. The number of nitrogens with zero attached hydrogens (tertiary/aromatic N) is 3. The topological polar surface area (TPSA) is 85.9 Å². The van der Waals surface area contributed by atoms with Crippen molar-refractivity contribution in [2.24, 2.45) is 0 Å². The number of fused-ring (bicyclic) bond motifs is 1. The Kier molecular flexibility index (Phi) is 6.47. The van der Waals surface area contributed by atoms with Crippen molar-refractivity contribution in [2.45, 2.75) is 25.7 Å². The zero-order chi connectivity index (χ0) is 23.5. The van der Waals surface area contributed by atoms with Crippen molar-refractivity contribution < 1.29 is 4.79 Å². The van der Waals surface area contributed by atoms with Gasteiger partial charge in [-0.25, -0.2) is 14.4 Å². The van der Waals surface area contributed by atoms with Gasteiger partial charge in [0, 0.05) is 42.2 Å². The fraction of sp³-hybridized carbons (Fsp3) is 0.269. The lowest BCUT2D eigenvalue weighted by molar-refractivity contribution is 0.101. The first-order valence-electron chi connectivity index (χ1n) is 11.6. The molecule has 1 unspecified atom stereocenters. The highest BCUT2D eigenvalue weighted by atomic mass is 35.5. The number of para-hydroxylation sites is 1. The minimum Gasteiger partial charge on any atom is -0.370 e. The van der Waals surface area contributed by atoms with Crippen LogP contribution in [-0.4, -0.2) is 40.5 Å². The average molecular weight is 475 g/mol. The number of carbonyl (C=O) groups excluding carboxylic acids is 1. The van der Waals surface area contributed by atoms with Crippen LogP contribution < -0.4 is 15.1 Å². The van der Waals surface area contributed by atoms with Crippen LogP contribution in [0.5, 0.6) is 0 Å². The number of benzene rings is 2. The molecule has 1 saturated heterocycles. The van der Waals surface area contributed by atoms with E-state index in [0.29, 0.717) is 28.5 Å². The van der Waals surface area contributed by atoms with Gasteiger partial charge in [0.25, 0.3) is 5.91 Å². The number of pyridine rings is 1. The summed E-state index contributed by atoms with van der Waals surface area (Å²) in [6, 6.07) is 17.2. The smallest absolute Gasteiger partial charge is 0.273 e. The first kappa shape index (κ1) is 22.4. The van der Waals surface area contributed by atoms with E-state index in [0.717, 1.165) is 54.9 Å². The van der Waals surface area contributed by atoms with E-state index in [1.807, 2.05) is 48.5 Å². The summed E-state index contributed by atoms with van der Waals surface area (Å²) in [7, 11) is 0. The van der Waals surface area contributed by atoms with Crippen LogP contribution in [0.25, 0.3) is 22.4 Å². The van der Waals surface area contributed by atoms with E-state index in [-0.39, 0.29) is 5.91 Å². The molecular formula is C26H27ClN6O. The molecule has 34 heavy (non-hydrogen) atoms. The van der Waals surface area contributed by atoms with Crippen LogP contribution in [0.15, 0.2) is 60.8 Å². The Bertz CT molecular complexity index is 1310. The summed E-state index contributed by atoms with van der Waals surface area (Å²) in [4.78, 5) is 25.8. The van der Waals surface area contributed by atoms with E-state index in [4.69, 9.17) is 16.8 Å². The van der Waals surface area contributed by atoms with Gasteiger partial charge in [-0.15, -0.1) is 0 Å². The molecule has 7 nitrogen and oxygen atoms in total. The third-order valence-electron chi connectivity index (χ3n) is 6.14. The van der Waals surface area contributed by atoms with Crippen molar-refractivity contribution in [1.82, 2.24) is 20.3 Å². The second-order valence-corrected chi connectivity index (χ2v) is 8.85. The maximum absolute atomic E-state index is 13.3. The minimum absolute atomic E-state index is 0.276. The highest BCUT2D eigenvalue weighted by Crippen LogP contribution is 2.31. The summed E-state index contributed by atoms with van der Waals surface area (Å²) >= 11 is 6.62. The lowest BCUT2D eigenvalue weighted by Crippen LogP contribution is -2.21. The van der Waals surface area contributed by atoms with Gasteiger partial charge in [0.15, 0.2) is 0 Å². The van der Waals surface area contributed by atoms with Crippen LogP contribution in [-0.2, 0) is 0 Å². The van der Waals surface area contributed by atoms with Crippen molar-refractivity contribution in [3.8, 4) is 11.4 Å². The molecule has 3 heterocycles. The second kappa shape index (κ2) is 9.83. The van der Waals surface area contributed by atoms with Gasteiger partial charge >= 0.3 is 0 Å². The van der Waals surface area contributed by atoms with E-state index < -0.39 is 0 Å². The number of amides is 1. The minimum atomic E-state index is -0.276. The van der Waals surface area contributed by atoms with Gasteiger partial charge in [-0.05, 0) is 67.3 Å². The number of hydrogen-bond donors (Lipinski definition) is 3. The van der Waals surface area contributed by atoms with Gasteiger partial charge in [0.2, 0.25) is 0 Å². The summed E-state index contributed by atoms with van der Waals surface area (Å²) in [5.74, 6) is 1.64.